The molecule has 1 aromatic heterocycles. The van der Waals surface area contributed by atoms with Crippen molar-refractivity contribution in [1.82, 2.24) is 4.98 Å². The number of halogens is 1. The fourth-order valence-electron chi connectivity index (χ4n) is 1.90. The lowest BCUT2D eigenvalue weighted by atomic mass is 10.2. The molecule has 0 radical (unpaired) electrons. The Morgan fingerprint density at radius 2 is 1.82 bits per heavy atom. The lowest BCUT2D eigenvalue weighted by Gasteiger charge is -2.11. The Hall–Kier alpha value is -2.43. The normalized spacial score (nSPS) is 15.2. The van der Waals surface area contributed by atoms with Crippen molar-refractivity contribution in [2.75, 3.05) is 4.90 Å². The number of nitrogens with one attached hydrogen (secondary N) is 1. The zero-order valence-electron chi connectivity index (χ0n) is 8.61. The van der Waals surface area contributed by atoms with Crippen molar-refractivity contribution in [3.05, 3.63) is 42.4 Å². The smallest absolute Gasteiger partial charge is 0.258 e. The third-order valence-corrected chi connectivity index (χ3v) is 2.67. The predicted molar refractivity (Wildman–Crippen MR) is 59.9 cm³/mol. The molecule has 0 bridgehead atoms. The second-order valence-corrected chi connectivity index (χ2v) is 3.71. The Kier molecular flexibility index (Phi) is 1.89. The molecule has 4 nitrogen and oxygen atoms in total. The van der Waals surface area contributed by atoms with Crippen molar-refractivity contribution in [3.63, 3.8) is 0 Å². The van der Waals surface area contributed by atoms with Gasteiger partial charge in [0.2, 0.25) is 0 Å². The van der Waals surface area contributed by atoms with Crippen LogP contribution in [0.2, 0.25) is 0 Å². The Morgan fingerprint density at radius 1 is 1.12 bits per heavy atom. The number of nitrogens with zero attached hydrogens (tertiary/aromatic N) is 1. The summed E-state index contributed by atoms with van der Waals surface area (Å²) in [6.45, 7) is 0. The van der Waals surface area contributed by atoms with Gasteiger partial charge in [-0.15, -0.1) is 0 Å². The molecule has 2 aromatic rings. The van der Waals surface area contributed by atoms with Crippen LogP contribution >= 0.6 is 0 Å². The first-order valence-electron chi connectivity index (χ1n) is 4.99. The number of aromatic nitrogens is 1. The molecule has 17 heavy (non-hydrogen) atoms. The summed E-state index contributed by atoms with van der Waals surface area (Å²) in [6.07, 6.45) is 3.91. The van der Waals surface area contributed by atoms with Crippen LogP contribution < -0.4 is 4.90 Å². The van der Waals surface area contributed by atoms with Gasteiger partial charge in [0.05, 0.1) is 5.69 Å². The molecule has 0 saturated carbocycles. The third kappa shape index (κ3) is 1.36. The van der Waals surface area contributed by atoms with Gasteiger partial charge in [-0.2, -0.15) is 0 Å². The van der Waals surface area contributed by atoms with E-state index in [1.807, 2.05) is 0 Å². The fourth-order valence-corrected chi connectivity index (χ4v) is 1.90. The van der Waals surface area contributed by atoms with E-state index in [-0.39, 0.29) is 0 Å². The van der Waals surface area contributed by atoms with Gasteiger partial charge in [-0.1, -0.05) is 0 Å². The number of imide groups is 1. The molecule has 0 saturated heterocycles. The Morgan fingerprint density at radius 3 is 2.53 bits per heavy atom. The highest BCUT2D eigenvalue weighted by Crippen LogP contribution is 2.29. The summed E-state index contributed by atoms with van der Waals surface area (Å²) in [6, 6.07) is 4.17. The number of rotatable bonds is 1. The lowest BCUT2D eigenvalue weighted by molar-refractivity contribution is -0.119. The average Bonchev–Trinajstić information content (AvgIpc) is 2.83. The van der Waals surface area contributed by atoms with Crippen LogP contribution in [0, 0.1) is 5.82 Å². The largest absolute Gasteiger partial charge is 0.359 e. The van der Waals surface area contributed by atoms with Gasteiger partial charge in [0.25, 0.3) is 11.8 Å². The van der Waals surface area contributed by atoms with Gasteiger partial charge in [-0.25, -0.2) is 9.29 Å². The lowest BCUT2D eigenvalue weighted by Crippen LogP contribution is -2.29. The minimum Gasteiger partial charge on any atom is -0.359 e. The Balaban J connectivity index is 2.21. The maximum Gasteiger partial charge on any atom is 0.258 e. The van der Waals surface area contributed by atoms with Gasteiger partial charge < -0.3 is 4.98 Å². The van der Waals surface area contributed by atoms with E-state index in [9.17, 15) is 14.0 Å². The maximum absolute atomic E-state index is 13.2. The van der Waals surface area contributed by atoms with Crippen LogP contribution in [-0.2, 0) is 9.59 Å². The zero-order chi connectivity index (χ0) is 12.0. The number of carbonyl (C=O) groups excluding carboxylic acids is 2. The highest BCUT2D eigenvalue weighted by atomic mass is 19.1. The van der Waals surface area contributed by atoms with E-state index in [0.717, 1.165) is 4.90 Å². The van der Waals surface area contributed by atoms with Crippen molar-refractivity contribution >= 4 is 28.4 Å². The summed E-state index contributed by atoms with van der Waals surface area (Å²) in [5, 5.41) is 0.510. The van der Waals surface area contributed by atoms with Crippen molar-refractivity contribution in [1.29, 1.82) is 0 Å². The quantitative estimate of drug-likeness (QED) is 0.758. The molecule has 1 N–H and O–H groups in total. The fraction of sp³-hybridized carbons (Fsp3) is 0. The standard InChI is InChI=1S/C12H7FN2O2/c13-7-1-2-9-8(5-7)10(6-14-9)15-11(16)3-4-12(15)17/h1-6,14H. The molecule has 0 fully saturated rings. The number of anilines is 1. The van der Waals surface area contributed by atoms with E-state index in [0.29, 0.717) is 16.6 Å². The number of amides is 2. The summed E-state index contributed by atoms with van der Waals surface area (Å²) < 4.78 is 13.2. The second-order valence-electron chi connectivity index (χ2n) is 3.71. The summed E-state index contributed by atoms with van der Waals surface area (Å²) in [5.41, 5.74) is 1.05. The molecule has 2 heterocycles. The number of benzene rings is 1. The molecule has 0 aliphatic carbocycles. The molecular formula is C12H7FN2O2. The minimum atomic E-state index is -0.417. The molecule has 0 unspecified atom stereocenters. The molecule has 5 heteroatoms. The molecule has 1 aliphatic rings. The van der Waals surface area contributed by atoms with E-state index in [1.165, 1.54) is 30.5 Å². The minimum absolute atomic E-state index is 0.375. The van der Waals surface area contributed by atoms with Crippen LogP contribution in [0.15, 0.2) is 36.5 Å². The Bertz CT molecular complexity index is 654. The second kappa shape index (κ2) is 3.28. The zero-order valence-corrected chi connectivity index (χ0v) is 8.61. The molecule has 84 valence electrons. The first-order valence-corrected chi connectivity index (χ1v) is 4.99. The summed E-state index contributed by atoms with van der Waals surface area (Å²) in [5.74, 6) is -1.24. The SMILES string of the molecule is O=C1C=CC(=O)N1c1c[nH]c2ccc(F)cc12. The van der Waals surface area contributed by atoms with Crippen LogP contribution in [0.3, 0.4) is 0 Å². The van der Waals surface area contributed by atoms with Crippen LogP contribution in [-0.4, -0.2) is 16.8 Å². The van der Waals surface area contributed by atoms with Crippen molar-refractivity contribution < 1.29 is 14.0 Å². The molecule has 3 rings (SSSR count). The molecule has 1 aliphatic heterocycles. The number of H-pyrrole nitrogens is 1. The van der Waals surface area contributed by atoms with E-state index < -0.39 is 17.6 Å². The first-order chi connectivity index (χ1) is 8.16. The van der Waals surface area contributed by atoms with Crippen molar-refractivity contribution in [2.24, 2.45) is 0 Å². The molecule has 0 spiro atoms. The molecule has 2 amide bonds. The summed E-state index contributed by atoms with van der Waals surface area (Å²) >= 11 is 0. The number of hydrogen-bond acceptors (Lipinski definition) is 2. The summed E-state index contributed by atoms with van der Waals surface area (Å²) in [7, 11) is 0. The van der Waals surface area contributed by atoms with Crippen LogP contribution in [0.1, 0.15) is 0 Å². The van der Waals surface area contributed by atoms with E-state index >= 15 is 0 Å². The van der Waals surface area contributed by atoms with Gasteiger partial charge >= 0.3 is 0 Å². The average molecular weight is 230 g/mol. The predicted octanol–water partition coefficient (Wildman–Crippen LogP) is 1.74. The first kappa shape index (κ1) is 9.77. The van der Waals surface area contributed by atoms with Gasteiger partial charge in [0.15, 0.2) is 0 Å². The number of hydrogen-bond donors (Lipinski definition) is 1. The van der Waals surface area contributed by atoms with Crippen LogP contribution in [0.25, 0.3) is 10.9 Å². The van der Waals surface area contributed by atoms with Crippen LogP contribution in [0.5, 0.6) is 0 Å². The molecule has 0 atom stereocenters. The number of fused-ring (bicyclic) bond motifs is 1. The monoisotopic (exact) mass is 230 g/mol. The third-order valence-electron chi connectivity index (χ3n) is 2.67. The molecular weight excluding hydrogens is 223 g/mol. The number of carbonyl (C=O) groups is 2. The number of aromatic amines is 1. The van der Waals surface area contributed by atoms with Gasteiger partial charge in [-0.05, 0) is 18.2 Å². The van der Waals surface area contributed by atoms with Crippen LogP contribution in [0.4, 0.5) is 10.1 Å². The highest BCUT2D eigenvalue weighted by Gasteiger charge is 2.27. The Labute approximate surface area is 95.3 Å². The van der Waals surface area contributed by atoms with Gasteiger partial charge in [-0.3, -0.25) is 9.59 Å². The van der Waals surface area contributed by atoms with E-state index in [2.05, 4.69) is 4.98 Å². The van der Waals surface area contributed by atoms with Gasteiger partial charge in [0, 0.05) is 29.3 Å². The van der Waals surface area contributed by atoms with Crippen molar-refractivity contribution in [3.8, 4) is 0 Å². The van der Waals surface area contributed by atoms with E-state index in [4.69, 9.17) is 0 Å². The highest BCUT2D eigenvalue weighted by molar-refractivity contribution is 6.30. The van der Waals surface area contributed by atoms with E-state index in [1.54, 1.807) is 6.07 Å². The van der Waals surface area contributed by atoms with Gasteiger partial charge in [0.1, 0.15) is 5.82 Å². The summed E-state index contributed by atoms with van der Waals surface area (Å²) in [4.78, 5) is 26.9. The topological polar surface area (TPSA) is 53.2 Å². The maximum atomic E-state index is 13.2. The van der Waals surface area contributed by atoms with Crippen molar-refractivity contribution in [2.45, 2.75) is 0 Å². The molecule has 1 aromatic carbocycles.